The molecule has 2 aromatic rings. The zero-order valence-electron chi connectivity index (χ0n) is 8.52. The van der Waals surface area contributed by atoms with E-state index >= 15 is 0 Å². The highest BCUT2D eigenvalue weighted by molar-refractivity contribution is 6.34. The second-order valence-corrected chi connectivity index (χ2v) is 3.85. The predicted octanol–water partition coefficient (Wildman–Crippen LogP) is 3.34. The number of carbonyl (C=O) groups excluding carboxylic acids is 1. The third-order valence-electron chi connectivity index (χ3n) is 2.03. The average molecular weight is 268 g/mol. The number of halogens is 2. The third-order valence-corrected chi connectivity index (χ3v) is 2.48. The first-order valence-electron chi connectivity index (χ1n) is 4.71. The van der Waals surface area contributed by atoms with Gasteiger partial charge in [-0.05, 0) is 23.7 Å². The van der Waals surface area contributed by atoms with E-state index in [0.717, 1.165) is 5.69 Å². The third kappa shape index (κ3) is 2.72. The zero-order chi connectivity index (χ0) is 12.3. The Morgan fingerprint density at radius 3 is 2.47 bits per heavy atom. The number of hydrogen-bond acceptors (Lipinski definition) is 4. The summed E-state index contributed by atoms with van der Waals surface area (Å²) in [5.74, 6) is 0.288. The molecule has 0 fully saturated rings. The second-order valence-electron chi connectivity index (χ2n) is 3.15. The molecule has 0 aliphatic heterocycles. The van der Waals surface area contributed by atoms with Crippen molar-refractivity contribution in [3.63, 3.8) is 0 Å². The maximum Gasteiger partial charge on any atom is 0.225 e. The van der Waals surface area contributed by atoms with E-state index in [4.69, 9.17) is 23.2 Å². The van der Waals surface area contributed by atoms with Gasteiger partial charge in [-0.15, -0.1) is 0 Å². The van der Waals surface area contributed by atoms with Gasteiger partial charge in [0.2, 0.25) is 5.28 Å². The molecule has 0 bridgehead atoms. The van der Waals surface area contributed by atoms with E-state index in [1.54, 1.807) is 0 Å². The van der Waals surface area contributed by atoms with Crippen LogP contribution in [-0.4, -0.2) is 16.3 Å². The minimum absolute atomic E-state index is 0.0148. The van der Waals surface area contributed by atoms with Crippen molar-refractivity contribution >= 4 is 41.0 Å². The fourth-order valence-corrected chi connectivity index (χ4v) is 1.70. The summed E-state index contributed by atoms with van der Waals surface area (Å²) in [5.41, 5.74) is 0.960. The van der Waals surface area contributed by atoms with Gasteiger partial charge in [0.05, 0.1) is 5.56 Å². The van der Waals surface area contributed by atoms with Crippen molar-refractivity contribution in [2.45, 2.75) is 0 Å². The van der Waals surface area contributed by atoms with E-state index in [0.29, 0.717) is 6.29 Å². The van der Waals surface area contributed by atoms with Crippen molar-refractivity contribution in [2.24, 2.45) is 0 Å². The van der Waals surface area contributed by atoms with Crippen molar-refractivity contribution in [3.8, 4) is 0 Å². The molecule has 1 aromatic carbocycles. The molecule has 1 aromatic heterocycles. The largest absolute Gasteiger partial charge is 0.339 e. The fraction of sp³-hybridized carbons (Fsp3) is 0. The average Bonchev–Trinajstić information content (AvgIpc) is 2.30. The lowest BCUT2D eigenvalue weighted by Crippen LogP contribution is -2.01. The molecule has 86 valence electrons. The van der Waals surface area contributed by atoms with E-state index in [-0.39, 0.29) is 21.8 Å². The van der Waals surface area contributed by atoms with E-state index in [2.05, 4.69) is 15.3 Å². The van der Waals surface area contributed by atoms with Gasteiger partial charge in [-0.25, -0.2) is 4.98 Å². The number of nitrogens with zero attached hydrogens (tertiary/aromatic N) is 2. The Labute approximate surface area is 108 Å². The molecule has 0 radical (unpaired) electrons. The number of rotatable bonds is 3. The topological polar surface area (TPSA) is 54.9 Å². The molecule has 17 heavy (non-hydrogen) atoms. The van der Waals surface area contributed by atoms with Gasteiger partial charge in [0, 0.05) is 5.69 Å². The van der Waals surface area contributed by atoms with Crippen LogP contribution in [0.4, 0.5) is 11.5 Å². The van der Waals surface area contributed by atoms with Gasteiger partial charge in [-0.1, -0.05) is 29.8 Å². The van der Waals surface area contributed by atoms with Crippen LogP contribution in [0, 0.1) is 0 Å². The molecule has 0 amide bonds. The number of carbonyl (C=O) groups is 1. The summed E-state index contributed by atoms with van der Waals surface area (Å²) < 4.78 is 0. The molecule has 2 rings (SSSR count). The molecular weight excluding hydrogens is 261 g/mol. The van der Waals surface area contributed by atoms with Gasteiger partial charge in [-0.2, -0.15) is 4.98 Å². The van der Waals surface area contributed by atoms with Crippen molar-refractivity contribution in [2.75, 3.05) is 5.32 Å². The maximum atomic E-state index is 10.9. The van der Waals surface area contributed by atoms with E-state index in [1.165, 1.54) is 0 Å². The first-order chi connectivity index (χ1) is 8.20. The Hall–Kier alpha value is -1.65. The molecule has 4 nitrogen and oxygen atoms in total. The van der Waals surface area contributed by atoms with Crippen LogP contribution < -0.4 is 5.32 Å². The molecular formula is C11H7Cl2N3O. The summed E-state index contributed by atoms with van der Waals surface area (Å²) in [7, 11) is 0. The highest BCUT2D eigenvalue weighted by Crippen LogP contribution is 2.24. The number of para-hydroxylation sites is 1. The van der Waals surface area contributed by atoms with Gasteiger partial charge >= 0.3 is 0 Å². The molecule has 0 atom stereocenters. The smallest absolute Gasteiger partial charge is 0.225 e. The molecule has 0 unspecified atom stereocenters. The summed E-state index contributed by atoms with van der Waals surface area (Å²) >= 11 is 11.5. The minimum Gasteiger partial charge on any atom is -0.339 e. The van der Waals surface area contributed by atoms with E-state index in [9.17, 15) is 4.79 Å². The van der Waals surface area contributed by atoms with Gasteiger partial charge in [0.1, 0.15) is 11.0 Å². The molecule has 0 spiro atoms. The number of anilines is 2. The molecule has 1 heterocycles. The van der Waals surface area contributed by atoms with Crippen LogP contribution in [0.15, 0.2) is 30.3 Å². The highest BCUT2D eigenvalue weighted by atomic mass is 35.5. The summed E-state index contributed by atoms with van der Waals surface area (Å²) in [4.78, 5) is 18.5. The van der Waals surface area contributed by atoms with Crippen LogP contribution in [-0.2, 0) is 0 Å². The molecule has 6 heteroatoms. The van der Waals surface area contributed by atoms with Crippen LogP contribution in [0.5, 0.6) is 0 Å². The molecule has 1 N–H and O–H groups in total. The van der Waals surface area contributed by atoms with Crippen molar-refractivity contribution in [1.82, 2.24) is 9.97 Å². The summed E-state index contributed by atoms with van der Waals surface area (Å²) in [6.07, 6.45) is 0.587. The second kappa shape index (κ2) is 5.12. The molecule has 0 saturated heterocycles. The molecule has 0 aliphatic rings. The van der Waals surface area contributed by atoms with E-state index in [1.807, 2.05) is 30.3 Å². The number of aldehydes is 1. The van der Waals surface area contributed by atoms with Crippen molar-refractivity contribution < 1.29 is 4.79 Å². The van der Waals surface area contributed by atoms with Crippen molar-refractivity contribution in [1.29, 1.82) is 0 Å². The van der Waals surface area contributed by atoms with Crippen LogP contribution >= 0.6 is 23.2 Å². The standard InChI is InChI=1S/C11H7Cl2N3O/c12-9-8(6-17)10(16-11(13)15-9)14-7-4-2-1-3-5-7/h1-6H,(H,14,15,16). The Kier molecular flexibility index (Phi) is 3.56. The first-order valence-corrected chi connectivity index (χ1v) is 5.46. The number of nitrogens with one attached hydrogen (secondary N) is 1. The Bertz CT molecular complexity index is 546. The maximum absolute atomic E-state index is 10.9. The number of hydrogen-bond donors (Lipinski definition) is 1. The van der Waals surface area contributed by atoms with Crippen molar-refractivity contribution in [3.05, 3.63) is 46.3 Å². The quantitative estimate of drug-likeness (QED) is 0.527. The monoisotopic (exact) mass is 267 g/mol. The van der Waals surface area contributed by atoms with E-state index < -0.39 is 0 Å². The van der Waals surface area contributed by atoms with Crippen LogP contribution in [0.2, 0.25) is 10.4 Å². The Balaban J connectivity index is 2.41. The van der Waals surface area contributed by atoms with Gasteiger partial charge in [-0.3, -0.25) is 4.79 Å². The van der Waals surface area contributed by atoms with Gasteiger partial charge < -0.3 is 5.32 Å². The SMILES string of the molecule is O=Cc1c(Cl)nc(Cl)nc1Nc1ccccc1. The first kappa shape index (κ1) is 11.8. The van der Waals surface area contributed by atoms with Gasteiger partial charge in [0.15, 0.2) is 6.29 Å². The molecule has 0 saturated carbocycles. The summed E-state index contributed by atoms with van der Waals surface area (Å²) in [5, 5.41) is 2.97. The molecule has 0 aliphatic carbocycles. The van der Waals surface area contributed by atoms with Crippen LogP contribution in [0.3, 0.4) is 0 Å². The minimum atomic E-state index is -0.0148. The lowest BCUT2D eigenvalue weighted by molar-refractivity contribution is 0.112. The summed E-state index contributed by atoms with van der Waals surface area (Å²) in [6, 6.07) is 9.25. The normalized spacial score (nSPS) is 10.0. The van der Waals surface area contributed by atoms with Gasteiger partial charge in [0.25, 0.3) is 0 Å². The summed E-state index contributed by atoms with van der Waals surface area (Å²) in [6.45, 7) is 0. The Morgan fingerprint density at radius 2 is 1.82 bits per heavy atom. The fourth-order valence-electron chi connectivity index (χ4n) is 1.27. The van der Waals surface area contributed by atoms with Crippen LogP contribution in [0.25, 0.3) is 0 Å². The zero-order valence-corrected chi connectivity index (χ0v) is 10.0. The lowest BCUT2D eigenvalue weighted by Gasteiger charge is -2.08. The lowest BCUT2D eigenvalue weighted by atomic mass is 10.3. The van der Waals surface area contributed by atoms with Crippen LogP contribution in [0.1, 0.15) is 10.4 Å². The number of aromatic nitrogens is 2. The Morgan fingerprint density at radius 1 is 1.12 bits per heavy atom. The number of benzene rings is 1. The predicted molar refractivity (Wildman–Crippen MR) is 67.2 cm³/mol. The highest BCUT2D eigenvalue weighted by Gasteiger charge is 2.11.